The molecule has 0 bridgehead atoms. The van der Waals surface area contributed by atoms with Crippen molar-refractivity contribution in [3.05, 3.63) is 48.0 Å². The molecule has 0 N–H and O–H groups in total. The zero-order chi connectivity index (χ0) is 16.9. The summed E-state index contributed by atoms with van der Waals surface area (Å²) in [4.78, 5) is 0. The minimum absolute atomic E-state index is 0.147. The number of aryl methyl sites for hydroxylation is 1. The lowest BCUT2D eigenvalue weighted by Crippen LogP contribution is -2.08. The van der Waals surface area contributed by atoms with Crippen molar-refractivity contribution in [1.29, 1.82) is 0 Å². The summed E-state index contributed by atoms with van der Waals surface area (Å²) in [5.41, 5.74) is 3.30. The topological polar surface area (TPSA) is 52.6 Å². The number of hydrogen-bond acceptors (Lipinski definition) is 4. The molecule has 0 amide bonds. The van der Waals surface area contributed by atoms with Gasteiger partial charge in [-0.15, -0.1) is 0 Å². The highest BCUT2D eigenvalue weighted by molar-refractivity contribution is 7.90. The molecule has 4 nitrogen and oxygen atoms in total. The summed E-state index contributed by atoms with van der Waals surface area (Å²) in [6.45, 7) is 2.42. The van der Waals surface area contributed by atoms with E-state index in [4.69, 9.17) is 9.47 Å². The van der Waals surface area contributed by atoms with Gasteiger partial charge in [-0.05, 0) is 54.3 Å². The number of hydrogen-bond donors (Lipinski definition) is 0. The average Bonchev–Trinajstić information content (AvgIpc) is 2.51. The fourth-order valence-corrected chi connectivity index (χ4v) is 2.99. The third-order valence-corrected chi connectivity index (χ3v) is 4.54. The Kier molecular flexibility index (Phi) is 5.66. The predicted molar refractivity (Wildman–Crippen MR) is 93.0 cm³/mol. The molecule has 2 aromatic rings. The van der Waals surface area contributed by atoms with Gasteiger partial charge in [0.1, 0.15) is 21.3 Å². The van der Waals surface area contributed by atoms with Crippen LogP contribution in [0.5, 0.6) is 11.5 Å². The number of methoxy groups -OCH3 is 1. The summed E-state index contributed by atoms with van der Waals surface area (Å²) in [5, 5.41) is 0. The van der Waals surface area contributed by atoms with E-state index in [1.54, 1.807) is 7.11 Å². The number of rotatable bonds is 7. The molecule has 0 aliphatic carbocycles. The molecule has 0 atom stereocenters. The highest BCUT2D eigenvalue weighted by Gasteiger charge is 2.06. The van der Waals surface area contributed by atoms with Gasteiger partial charge in [0.05, 0.1) is 19.5 Å². The standard InChI is InChI=1S/C18H22O4S/c1-14-12-17(22-10-5-11-23(3,19)20)8-9-18(14)15-6-4-7-16(13-15)21-2/h4,6-9,12-13H,5,10-11H2,1-3H3. The van der Waals surface area contributed by atoms with Gasteiger partial charge < -0.3 is 9.47 Å². The van der Waals surface area contributed by atoms with Crippen LogP contribution in [0.4, 0.5) is 0 Å². The summed E-state index contributed by atoms with van der Waals surface area (Å²) >= 11 is 0. The summed E-state index contributed by atoms with van der Waals surface area (Å²) in [6.07, 6.45) is 1.73. The molecular weight excluding hydrogens is 312 g/mol. The zero-order valence-corrected chi connectivity index (χ0v) is 14.5. The van der Waals surface area contributed by atoms with E-state index in [0.29, 0.717) is 13.0 Å². The van der Waals surface area contributed by atoms with E-state index in [2.05, 4.69) is 0 Å². The van der Waals surface area contributed by atoms with Crippen molar-refractivity contribution >= 4 is 9.84 Å². The van der Waals surface area contributed by atoms with Gasteiger partial charge in [0.25, 0.3) is 0 Å². The third-order valence-electron chi connectivity index (χ3n) is 3.51. The Hall–Kier alpha value is -2.01. The first-order valence-corrected chi connectivity index (χ1v) is 9.51. The Morgan fingerprint density at radius 1 is 1.04 bits per heavy atom. The van der Waals surface area contributed by atoms with Gasteiger partial charge in [0.15, 0.2) is 0 Å². The Morgan fingerprint density at radius 2 is 1.83 bits per heavy atom. The van der Waals surface area contributed by atoms with Crippen molar-refractivity contribution < 1.29 is 17.9 Å². The van der Waals surface area contributed by atoms with Crippen LogP contribution in [0.25, 0.3) is 11.1 Å². The molecule has 0 saturated carbocycles. The Morgan fingerprint density at radius 3 is 2.48 bits per heavy atom. The molecule has 23 heavy (non-hydrogen) atoms. The van der Waals surface area contributed by atoms with Crippen LogP contribution >= 0.6 is 0 Å². The van der Waals surface area contributed by atoms with E-state index in [1.807, 2.05) is 49.4 Å². The fourth-order valence-electron chi connectivity index (χ4n) is 2.35. The Balaban J connectivity index is 2.05. The van der Waals surface area contributed by atoms with Gasteiger partial charge in [0, 0.05) is 6.26 Å². The summed E-state index contributed by atoms with van der Waals surface area (Å²) in [5.74, 6) is 1.72. The second-order valence-corrected chi connectivity index (χ2v) is 7.80. The molecule has 2 rings (SSSR count). The normalized spacial score (nSPS) is 11.3. The monoisotopic (exact) mass is 334 g/mol. The smallest absolute Gasteiger partial charge is 0.147 e. The zero-order valence-electron chi connectivity index (χ0n) is 13.7. The average molecular weight is 334 g/mol. The van der Waals surface area contributed by atoms with E-state index in [0.717, 1.165) is 28.2 Å². The second-order valence-electron chi connectivity index (χ2n) is 5.54. The predicted octanol–water partition coefficient (Wildman–Crippen LogP) is 3.48. The molecule has 0 radical (unpaired) electrons. The van der Waals surface area contributed by atoms with Crippen molar-refractivity contribution in [3.63, 3.8) is 0 Å². The molecule has 0 fully saturated rings. The lowest BCUT2D eigenvalue weighted by atomic mass is 10.0. The molecule has 0 saturated heterocycles. The van der Waals surface area contributed by atoms with Crippen LogP contribution in [-0.2, 0) is 9.84 Å². The van der Waals surface area contributed by atoms with Crippen LogP contribution in [-0.4, -0.2) is 34.1 Å². The van der Waals surface area contributed by atoms with Crippen molar-refractivity contribution in [1.82, 2.24) is 0 Å². The van der Waals surface area contributed by atoms with E-state index in [9.17, 15) is 8.42 Å². The van der Waals surface area contributed by atoms with Crippen molar-refractivity contribution in [2.45, 2.75) is 13.3 Å². The fraction of sp³-hybridized carbons (Fsp3) is 0.333. The van der Waals surface area contributed by atoms with Crippen LogP contribution in [0.2, 0.25) is 0 Å². The van der Waals surface area contributed by atoms with Gasteiger partial charge in [-0.2, -0.15) is 0 Å². The summed E-state index contributed by atoms with van der Waals surface area (Å²) in [6, 6.07) is 13.8. The first kappa shape index (κ1) is 17.3. The second kappa shape index (κ2) is 7.51. The van der Waals surface area contributed by atoms with Gasteiger partial charge in [0.2, 0.25) is 0 Å². The molecule has 0 aromatic heterocycles. The minimum atomic E-state index is -2.93. The number of sulfone groups is 1. The Labute approximate surface area is 138 Å². The van der Waals surface area contributed by atoms with Gasteiger partial charge in [-0.25, -0.2) is 8.42 Å². The highest BCUT2D eigenvalue weighted by atomic mass is 32.2. The van der Waals surface area contributed by atoms with E-state index in [-0.39, 0.29) is 5.75 Å². The third kappa shape index (κ3) is 5.28. The van der Waals surface area contributed by atoms with Crippen molar-refractivity contribution in [3.8, 4) is 22.6 Å². The molecule has 0 heterocycles. The molecule has 0 unspecified atom stereocenters. The number of ether oxygens (including phenoxy) is 2. The molecule has 124 valence electrons. The SMILES string of the molecule is COc1cccc(-c2ccc(OCCCS(C)(=O)=O)cc2C)c1. The molecular formula is C18H22O4S. The van der Waals surface area contributed by atoms with Crippen LogP contribution in [0, 0.1) is 6.92 Å². The lowest BCUT2D eigenvalue weighted by molar-refractivity contribution is 0.317. The molecule has 0 aliphatic heterocycles. The lowest BCUT2D eigenvalue weighted by Gasteiger charge is -2.11. The maximum absolute atomic E-state index is 11.1. The maximum atomic E-state index is 11.1. The Bertz CT molecular complexity index is 766. The van der Waals surface area contributed by atoms with Gasteiger partial charge in [-0.1, -0.05) is 18.2 Å². The van der Waals surface area contributed by atoms with E-state index >= 15 is 0 Å². The molecule has 0 spiro atoms. The summed E-state index contributed by atoms with van der Waals surface area (Å²) < 4.78 is 33.1. The van der Waals surface area contributed by atoms with Crippen LogP contribution in [0.15, 0.2) is 42.5 Å². The largest absolute Gasteiger partial charge is 0.497 e. The number of benzene rings is 2. The molecule has 2 aromatic carbocycles. The van der Waals surface area contributed by atoms with Crippen LogP contribution in [0.1, 0.15) is 12.0 Å². The van der Waals surface area contributed by atoms with E-state index < -0.39 is 9.84 Å². The van der Waals surface area contributed by atoms with Crippen molar-refractivity contribution in [2.24, 2.45) is 0 Å². The minimum Gasteiger partial charge on any atom is -0.497 e. The first-order valence-electron chi connectivity index (χ1n) is 7.44. The first-order chi connectivity index (χ1) is 10.9. The van der Waals surface area contributed by atoms with Crippen LogP contribution in [0.3, 0.4) is 0 Å². The highest BCUT2D eigenvalue weighted by Crippen LogP contribution is 2.29. The van der Waals surface area contributed by atoms with Crippen molar-refractivity contribution in [2.75, 3.05) is 25.7 Å². The molecule has 5 heteroatoms. The van der Waals surface area contributed by atoms with Gasteiger partial charge >= 0.3 is 0 Å². The van der Waals surface area contributed by atoms with Gasteiger partial charge in [-0.3, -0.25) is 0 Å². The van der Waals surface area contributed by atoms with Crippen LogP contribution < -0.4 is 9.47 Å². The maximum Gasteiger partial charge on any atom is 0.147 e. The molecule has 0 aliphatic rings. The summed E-state index contributed by atoms with van der Waals surface area (Å²) in [7, 11) is -1.28. The quantitative estimate of drug-likeness (QED) is 0.727. The van der Waals surface area contributed by atoms with E-state index in [1.165, 1.54) is 6.26 Å².